The topological polar surface area (TPSA) is 104 Å². The molecular weight excluding hydrogens is 464 g/mol. The fourth-order valence-electron chi connectivity index (χ4n) is 3.78. The van der Waals surface area contributed by atoms with Gasteiger partial charge in [0.05, 0.1) is 0 Å². The molecule has 1 aliphatic rings. The van der Waals surface area contributed by atoms with Gasteiger partial charge in [0.25, 0.3) is 0 Å². The first kappa shape index (κ1) is 23.1. The van der Waals surface area contributed by atoms with Crippen LogP contribution in [0.4, 0.5) is 5.69 Å². The second kappa shape index (κ2) is 9.05. The zero-order valence-electron chi connectivity index (χ0n) is 18.0. The summed E-state index contributed by atoms with van der Waals surface area (Å²) < 4.78 is 59.3. The van der Waals surface area contributed by atoms with Crippen molar-refractivity contribution in [1.29, 1.82) is 0 Å². The van der Waals surface area contributed by atoms with Gasteiger partial charge in [-0.2, -0.15) is 12.7 Å². The van der Waals surface area contributed by atoms with Crippen molar-refractivity contribution in [3.63, 3.8) is 0 Å². The van der Waals surface area contributed by atoms with E-state index >= 15 is 0 Å². The Bertz CT molecular complexity index is 1330. The number of anilines is 1. The Labute approximate surface area is 193 Å². The largest absolute Gasteiger partial charge is 0.508 e. The zero-order chi connectivity index (χ0) is 23.6. The molecule has 0 bridgehead atoms. The summed E-state index contributed by atoms with van der Waals surface area (Å²) in [5, 5.41) is 9.74. The van der Waals surface area contributed by atoms with Crippen LogP contribution in [0.15, 0.2) is 82.6 Å². The number of hydrogen-bond acceptors (Lipinski definition) is 7. The number of aryl methyl sites for hydroxylation is 1. The smallest absolute Gasteiger partial charge is 0.340 e. The number of nitrogens with zero attached hydrogens (tertiary/aromatic N) is 2. The van der Waals surface area contributed by atoms with Crippen molar-refractivity contribution >= 4 is 25.8 Å². The summed E-state index contributed by atoms with van der Waals surface area (Å²) in [6.45, 7) is 3.08. The highest BCUT2D eigenvalue weighted by molar-refractivity contribution is 7.91. The fraction of sp³-hybridized carbons (Fsp3) is 0.217. The van der Waals surface area contributed by atoms with Gasteiger partial charge < -0.3 is 14.2 Å². The number of piperazine rings is 1. The van der Waals surface area contributed by atoms with Crippen molar-refractivity contribution in [2.24, 2.45) is 0 Å². The van der Waals surface area contributed by atoms with Gasteiger partial charge in [-0.3, -0.25) is 0 Å². The van der Waals surface area contributed by atoms with E-state index in [1.54, 1.807) is 6.92 Å². The van der Waals surface area contributed by atoms with E-state index in [0.717, 1.165) is 11.8 Å². The van der Waals surface area contributed by atoms with Gasteiger partial charge in [-0.1, -0.05) is 30.3 Å². The number of benzene rings is 3. The first-order chi connectivity index (χ1) is 15.7. The highest BCUT2D eigenvalue weighted by Gasteiger charge is 2.34. The summed E-state index contributed by atoms with van der Waals surface area (Å²) in [7, 11) is -8.57. The Hall–Kier alpha value is -3.08. The van der Waals surface area contributed by atoms with Gasteiger partial charge in [0.15, 0.2) is 0 Å². The molecule has 4 rings (SSSR count). The maximum Gasteiger partial charge on any atom is 0.340 e. The third-order valence-electron chi connectivity index (χ3n) is 5.34. The molecular formula is C23H24N2O6S2. The van der Waals surface area contributed by atoms with Crippen LogP contribution in [0.1, 0.15) is 5.56 Å². The average Bonchev–Trinajstić information content (AvgIpc) is 2.79. The Morgan fingerprint density at radius 1 is 0.788 bits per heavy atom. The molecule has 3 aromatic rings. The van der Waals surface area contributed by atoms with E-state index in [-0.39, 0.29) is 29.5 Å². The Kier molecular flexibility index (Phi) is 6.33. The van der Waals surface area contributed by atoms with Crippen LogP contribution in [-0.2, 0) is 20.1 Å². The lowest BCUT2D eigenvalue weighted by molar-refractivity contribution is 0.383. The Morgan fingerprint density at radius 3 is 2.03 bits per heavy atom. The molecule has 1 saturated heterocycles. The molecule has 8 nitrogen and oxygen atoms in total. The maximum absolute atomic E-state index is 13.4. The molecule has 33 heavy (non-hydrogen) atoms. The van der Waals surface area contributed by atoms with Gasteiger partial charge in [-0.05, 0) is 48.9 Å². The van der Waals surface area contributed by atoms with Crippen molar-refractivity contribution in [1.82, 2.24) is 4.31 Å². The van der Waals surface area contributed by atoms with E-state index in [0.29, 0.717) is 18.7 Å². The summed E-state index contributed by atoms with van der Waals surface area (Å²) in [4.78, 5) is 1.30. The van der Waals surface area contributed by atoms with E-state index in [1.165, 1.54) is 40.7 Å². The minimum Gasteiger partial charge on any atom is -0.508 e. The van der Waals surface area contributed by atoms with Gasteiger partial charge in [-0.15, -0.1) is 0 Å². The first-order valence-electron chi connectivity index (χ1n) is 10.3. The third-order valence-corrected chi connectivity index (χ3v) is 8.73. The summed E-state index contributed by atoms with van der Waals surface area (Å²) in [5.41, 5.74) is 1.60. The van der Waals surface area contributed by atoms with Crippen LogP contribution >= 0.6 is 0 Å². The molecule has 174 valence electrons. The van der Waals surface area contributed by atoms with Gasteiger partial charge in [0.1, 0.15) is 21.3 Å². The van der Waals surface area contributed by atoms with Crippen LogP contribution in [0.3, 0.4) is 0 Å². The second-order valence-corrected chi connectivity index (χ2v) is 11.1. The van der Waals surface area contributed by atoms with Crippen molar-refractivity contribution < 1.29 is 26.1 Å². The molecule has 1 fully saturated rings. The van der Waals surface area contributed by atoms with Crippen LogP contribution < -0.4 is 9.08 Å². The van der Waals surface area contributed by atoms with Crippen molar-refractivity contribution in [2.45, 2.75) is 16.7 Å². The van der Waals surface area contributed by atoms with Crippen LogP contribution in [0.5, 0.6) is 11.5 Å². The van der Waals surface area contributed by atoms with Crippen molar-refractivity contribution in [3.8, 4) is 11.5 Å². The molecule has 0 aromatic heterocycles. The van der Waals surface area contributed by atoms with E-state index in [9.17, 15) is 21.9 Å². The predicted octanol–water partition coefficient (Wildman–Crippen LogP) is 2.98. The monoisotopic (exact) mass is 488 g/mol. The second-order valence-electron chi connectivity index (χ2n) is 7.72. The summed E-state index contributed by atoms with van der Waals surface area (Å²) in [5.74, 6) is -0.256. The number of sulfonamides is 1. The SMILES string of the molecule is Cc1cc(O)cc(OS(=O)(=O)c2ccccc2S(=O)(=O)N2CCN(c3ccccc3)CC2)c1. The molecule has 0 unspecified atom stereocenters. The predicted molar refractivity (Wildman–Crippen MR) is 125 cm³/mol. The third kappa shape index (κ3) is 4.97. The summed E-state index contributed by atoms with van der Waals surface area (Å²) in [6, 6.07) is 19.1. The van der Waals surface area contributed by atoms with Crippen molar-refractivity contribution in [2.75, 3.05) is 31.1 Å². The van der Waals surface area contributed by atoms with Crippen LogP contribution in [0, 0.1) is 6.92 Å². The summed E-state index contributed by atoms with van der Waals surface area (Å²) in [6.07, 6.45) is 0. The molecule has 1 heterocycles. The lowest BCUT2D eigenvalue weighted by Crippen LogP contribution is -2.48. The summed E-state index contributed by atoms with van der Waals surface area (Å²) >= 11 is 0. The molecule has 0 aliphatic carbocycles. The molecule has 0 radical (unpaired) electrons. The fourth-order valence-corrected chi connectivity index (χ4v) is 6.90. The number of aromatic hydroxyl groups is 1. The molecule has 1 N–H and O–H groups in total. The Morgan fingerprint density at radius 2 is 1.39 bits per heavy atom. The molecule has 0 saturated carbocycles. The molecule has 0 atom stereocenters. The molecule has 0 amide bonds. The number of phenols is 1. The van der Waals surface area contributed by atoms with Gasteiger partial charge in [0.2, 0.25) is 10.0 Å². The van der Waals surface area contributed by atoms with E-state index < -0.39 is 25.0 Å². The van der Waals surface area contributed by atoms with Crippen LogP contribution in [0.2, 0.25) is 0 Å². The minimum atomic E-state index is -4.48. The number of para-hydroxylation sites is 1. The maximum atomic E-state index is 13.4. The van der Waals surface area contributed by atoms with Crippen LogP contribution in [0.25, 0.3) is 0 Å². The highest BCUT2D eigenvalue weighted by Crippen LogP contribution is 2.30. The highest BCUT2D eigenvalue weighted by atomic mass is 32.2. The molecule has 3 aromatic carbocycles. The van der Waals surface area contributed by atoms with Gasteiger partial charge in [0, 0.05) is 37.9 Å². The van der Waals surface area contributed by atoms with Crippen LogP contribution in [-0.4, -0.2) is 52.4 Å². The molecule has 1 aliphatic heterocycles. The number of hydrogen-bond donors (Lipinski definition) is 1. The van der Waals surface area contributed by atoms with Crippen molar-refractivity contribution in [3.05, 3.63) is 78.4 Å². The minimum absolute atomic E-state index is 0.101. The standard InChI is InChI=1S/C23H24N2O6S2/c1-18-15-20(26)17-21(16-18)31-33(29,30)23-10-6-5-9-22(23)32(27,28)25-13-11-24(12-14-25)19-7-3-2-4-8-19/h2-10,15-17,26H,11-14H2,1H3. The van der Waals surface area contributed by atoms with E-state index in [2.05, 4.69) is 4.90 Å². The first-order valence-corrected chi connectivity index (χ1v) is 13.2. The van der Waals surface area contributed by atoms with Gasteiger partial charge in [-0.25, -0.2) is 8.42 Å². The van der Waals surface area contributed by atoms with E-state index in [4.69, 9.17) is 4.18 Å². The number of rotatable bonds is 6. The zero-order valence-corrected chi connectivity index (χ0v) is 19.6. The van der Waals surface area contributed by atoms with Gasteiger partial charge >= 0.3 is 10.1 Å². The average molecular weight is 489 g/mol. The number of phenolic OH excluding ortho intramolecular Hbond substituents is 1. The quantitative estimate of drug-likeness (QED) is 0.532. The Balaban J connectivity index is 1.60. The lowest BCUT2D eigenvalue weighted by Gasteiger charge is -2.35. The molecule has 0 spiro atoms. The lowest BCUT2D eigenvalue weighted by atomic mass is 10.2. The normalized spacial score (nSPS) is 15.4. The van der Waals surface area contributed by atoms with E-state index in [1.807, 2.05) is 30.3 Å². The molecule has 10 heteroatoms.